The van der Waals surface area contributed by atoms with Crippen molar-refractivity contribution >= 4 is 5.91 Å². The highest BCUT2D eigenvalue weighted by Crippen LogP contribution is 2.29. The molecule has 0 bridgehead atoms. The Balaban J connectivity index is 2.31. The lowest BCUT2D eigenvalue weighted by atomic mass is 9.85. The fraction of sp³-hybridized carbons (Fsp3) is 0.444. The SMILES string of the molecule is CC1=CC=CC2C(=O)NCC12. The van der Waals surface area contributed by atoms with E-state index in [2.05, 4.69) is 18.3 Å². The summed E-state index contributed by atoms with van der Waals surface area (Å²) in [5.74, 6) is 0.714. The van der Waals surface area contributed by atoms with Crippen molar-refractivity contribution in [2.45, 2.75) is 6.92 Å². The van der Waals surface area contributed by atoms with Gasteiger partial charge >= 0.3 is 0 Å². The van der Waals surface area contributed by atoms with Crippen LogP contribution in [0.1, 0.15) is 6.92 Å². The number of hydrogen-bond acceptors (Lipinski definition) is 1. The van der Waals surface area contributed by atoms with E-state index in [1.165, 1.54) is 5.57 Å². The molecule has 2 unspecified atom stereocenters. The predicted octanol–water partition coefficient (Wildman–Crippen LogP) is 0.865. The molecule has 1 saturated heterocycles. The second-order valence-corrected chi connectivity index (χ2v) is 3.17. The number of fused-ring (bicyclic) bond motifs is 1. The predicted molar refractivity (Wildman–Crippen MR) is 42.9 cm³/mol. The standard InChI is InChI=1S/C9H11NO/c1-6-3-2-4-7-8(6)5-10-9(7)11/h2-4,7-8H,5H2,1H3,(H,10,11). The zero-order chi connectivity index (χ0) is 7.84. The van der Waals surface area contributed by atoms with Crippen LogP contribution in [0.3, 0.4) is 0 Å². The summed E-state index contributed by atoms with van der Waals surface area (Å²) in [7, 11) is 0. The van der Waals surface area contributed by atoms with E-state index in [4.69, 9.17) is 0 Å². The Bertz CT molecular complexity index is 252. The van der Waals surface area contributed by atoms with E-state index in [1.807, 2.05) is 12.2 Å². The van der Waals surface area contributed by atoms with Crippen molar-refractivity contribution in [1.29, 1.82) is 0 Å². The number of allylic oxidation sites excluding steroid dienone is 2. The average molecular weight is 149 g/mol. The Morgan fingerprint density at radius 2 is 2.45 bits per heavy atom. The largest absolute Gasteiger partial charge is 0.355 e. The lowest BCUT2D eigenvalue weighted by Crippen LogP contribution is -2.18. The summed E-state index contributed by atoms with van der Waals surface area (Å²) in [5.41, 5.74) is 1.32. The smallest absolute Gasteiger partial charge is 0.227 e. The molecule has 2 rings (SSSR count). The normalized spacial score (nSPS) is 34.6. The van der Waals surface area contributed by atoms with Crippen molar-refractivity contribution in [2.75, 3.05) is 6.54 Å². The molecular formula is C9H11NO. The average Bonchev–Trinajstić information content (AvgIpc) is 2.35. The van der Waals surface area contributed by atoms with E-state index in [0.29, 0.717) is 5.92 Å². The summed E-state index contributed by atoms with van der Waals surface area (Å²) in [6, 6.07) is 0. The van der Waals surface area contributed by atoms with Gasteiger partial charge in [-0.2, -0.15) is 0 Å². The third-order valence-electron chi connectivity index (χ3n) is 2.49. The number of carbonyl (C=O) groups is 1. The number of nitrogens with one attached hydrogen (secondary N) is 1. The van der Waals surface area contributed by atoms with Crippen LogP contribution in [-0.2, 0) is 4.79 Å². The maximum atomic E-state index is 11.2. The molecule has 1 aliphatic heterocycles. The summed E-state index contributed by atoms with van der Waals surface area (Å²) in [4.78, 5) is 11.2. The zero-order valence-corrected chi connectivity index (χ0v) is 6.50. The monoisotopic (exact) mass is 149 g/mol. The Labute approximate surface area is 66.0 Å². The fourth-order valence-electron chi connectivity index (χ4n) is 1.75. The van der Waals surface area contributed by atoms with Gasteiger partial charge in [0.2, 0.25) is 5.91 Å². The molecule has 1 N–H and O–H groups in total. The van der Waals surface area contributed by atoms with Crippen molar-refractivity contribution in [3.63, 3.8) is 0 Å². The van der Waals surface area contributed by atoms with Crippen LogP contribution < -0.4 is 5.32 Å². The minimum atomic E-state index is 0.111. The number of hydrogen-bond donors (Lipinski definition) is 1. The van der Waals surface area contributed by atoms with Gasteiger partial charge in [-0.05, 0) is 6.92 Å². The molecule has 11 heavy (non-hydrogen) atoms. The first-order valence-corrected chi connectivity index (χ1v) is 3.92. The van der Waals surface area contributed by atoms with Gasteiger partial charge in [0.1, 0.15) is 0 Å². The van der Waals surface area contributed by atoms with Crippen LogP contribution in [-0.4, -0.2) is 12.5 Å². The lowest BCUT2D eigenvalue weighted by molar-refractivity contribution is -0.121. The van der Waals surface area contributed by atoms with Crippen molar-refractivity contribution in [1.82, 2.24) is 5.32 Å². The first kappa shape index (κ1) is 6.65. The Kier molecular flexibility index (Phi) is 1.34. The molecule has 1 fully saturated rings. The summed E-state index contributed by atoms with van der Waals surface area (Å²) >= 11 is 0. The minimum Gasteiger partial charge on any atom is -0.355 e. The first-order valence-electron chi connectivity index (χ1n) is 3.92. The number of rotatable bonds is 0. The van der Waals surface area contributed by atoms with E-state index < -0.39 is 0 Å². The molecule has 2 heteroatoms. The van der Waals surface area contributed by atoms with Crippen LogP contribution in [0.4, 0.5) is 0 Å². The van der Waals surface area contributed by atoms with Crippen LogP contribution in [0, 0.1) is 11.8 Å². The summed E-state index contributed by atoms with van der Waals surface area (Å²) in [6.07, 6.45) is 6.04. The van der Waals surface area contributed by atoms with Gasteiger partial charge in [0.15, 0.2) is 0 Å². The van der Waals surface area contributed by atoms with Gasteiger partial charge in [-0.3, -0.25) is 4.79 Å². The van der Waals surface area contributed by atoms with Crippen molar-refractivity contribution in [2.24, 2.45) is 11.8 Å². The van der Waals surface area contributed by atoms with Crippen LogP contribution in [0.2, 0.25) is 0 Å². The van der Waals surface area contributed by atoms with Gasteiger partial charge in [-0.1, -0.05) is 23.8 Å². The molecule has 0 saturated carbocycles. The second-order valence-electron chi connectivity index (χ2n) is 3.17. The minimum absolute atomic E-state index is 0.111. The van der Waals surface area contributed by atoms with Crippen molar-refractivity contribution < 1.29 is 4.79 Å². The maximum Gasteiger partial charge on any atom is 0.227 e. The van der Waals surface area contributed by atoms with Crippen molar-refractivity contribution in [3.8, 4) is 0 Å². The molecule has 0 radical (unpaired) electrons. The quantitative estimate of drug-likeness (QED) is 0.544. The summed E-state index contributed by atoms with van der Waals surface area (Å²) < 4.78 is 0. The Hall–Kier alpha value is -1.05. The molecular weight excluding hydrogens is 138 g/mol. The first-order chi connectivity index (χ1) is 5.29. The molecule has 2 nitrogen and oxygen atoms in total. The highest BCUT2D eigenvalue weighted by Gasteiger charge is 2.34. The molecule has 1 amide bonds. The highest BCUT2D eigenvalue weighted by atomic mass is 16.2. The molecule has 0 aromatic heterocycles. The summed E-state index contributed by atoms with van der Waals surface area (Å²) in [6.45, 7) is 2.90. The third-order valence-corrected chi connectivity index (χ3v) is 2.49. The maximum absolute atomic E-state index is 11.2. The molecule has 0 aromatic rings. The topological polar surface area (TPSA) is 29.1 Å². The number of amides is 1. The van der Waals surface area contributed by atoms with E-state index >= 15 is 0 Å². The van der Waals surface area contributed by atoms with Gasteiger partial charge < -0.3 is 5.32 Å². The number of carbonyl (C=O) groups excluding carboxylic acids is 1. The zero-order valence-electron chi connectivity index (χ0n) is 6.50. The van der Waals surface area contributed by atoms with Gasteiger partial charge in [0.25, 0.3) is 0 Å². The molecule has 58 valence electrons. The molecule has 1 aliphatic carbocycles. The van der Waals surface area contributed by atoms with Gasteiger partial charge in [-0.15, -0.1) is 0 Å². The van der Waals surface area contributed by atoms with E-state index in [0.717, 1.165) is 6.54 Å². The van der Waals surface area contributed by atoms with E-state index in [-0.39, 0.29) is 11.8 Å². The Morgan fingerprint density at radius 1 is 1.64 bits per heavy atom. The second kappa shape index (κ2) is 2.22. The van der Waals surface area contributed by atoms with E-state index in [1.54, 1.807) is 0 Å². The molecule has 2 atom stereocenters. The summed E-state index contributed by atoms with van der Waals surface area (Å²) in [5, 5.41) is 2.86. The van der Waals surface area contributed by atoms with Crippen LogP contribution in [0.5, 0.6) is 0 Å². The molecule has 0 spiro atoms. The van der Waals surface area contributed by atoms with Crippen LogP contribution in [0.15, 0.2) is 23.8 Å². The Morgan fingerprint density at radius 3 is 3.18 bits per heavy atom. The molecule has 2 aliphatic rings. The highest BCUT2D eigenvalue weighted by molar-refractivity contribution is 5.84. The van der Waals surface area contributed by atoms with Crippen LogP contribution >= 0.6 is 0 Å². The van der Waals surface area contributed by atoms with Crippen molar-refractivity contribution in [3.05, 3.63) is 23.8 Å². The van der Waals surface area contributed by atoms with Gasteiger partial charge in [0.05, 0.1) is 5.92 Å². The molecule has 1 heterocycles. The van der Waals surface area contributed by atoms with Gasteiger partial charge in [-0.25, -0.2) is 0 Å². The fourth-order valence-corrected chi connectivity index (χ4v) is 1.75. The van der Waals surface area contributed by atoms with E-state index in [9.17, 15) is 4.79 Å². The molecule has 0 aromatic carbocycles. The van der Waals surface area contributed by atoms with Crippen LogP contribution in [0.25, 0.3) is 0 Å². The third kappa shape index (κ3) is 0.897. The van der Waals surface area contributed by atoms with Gasteiger partial charge in [0, 0.05) is 12.5 Å². The lowest BCUT2D eigenvalue weighted by Gasteiger charge is -2.16.